The van der Waals surface area contributed by atoms with E-state index in [0.29, 0.717) is 22.2 Å². The predicted molar refractivity (Wildman–Crippen MR) is 380 cm³/mol. The fraction of sp³-hybridized carbons (Fsp3) is 0.0897. The number of rotatable bonds is 8. The van der Waals surface area contributed by atoms with Gasteiger partial charge in [0.25, 0.3) is 0 Å². The maximum atomic E-state index is 6.21. The first-order valence-electron chi connectivity index (χ1n) is 30.4. The van der Waals surface area contributed by atoms with Crippen LogP contribution in [0.15, 0.2) is 278 Å². The first kappa shape index (κ1) is 59.6. The van der Waals surface area contributed by atoms with Crippen LogP contribution in [-0.2, 0) is 9.31 Å². The van der Waals surface area contributed by atoms with Gasteiger partial charge in [-0.25, -0.2) is 44.9 Å². The molecule has 1 fully saturated rings. The molecule has 0 amide bonds. The minimum atomic E-state index is -0.375. The van der Waals surface area contributed by atoms with Crippen LogP contribution in [-0.4, -0.2) is 72.0 Å². The molecule has 8 aromatic carbocycles. The molecule has 9 heterocycles. The Bertz CT molecular complexity index is 5240. The summed E-state index contributed by atoms with van der Waals surface area (Å²) in [6, 6.07) is 87.8. The van der Waals surface area contributed by atoms with Crippen LogP contribution in [0.4, 0.5) is 0 Å². The van der Waals surface area contributed by atoms with Gasteiger partial charge < -0.3 is 9.31 Å². The molecule has 13 nitrogen and oxygen atoms in total. The van der Waals surface area contributed by atoms with Crippen LogP contribution < -0.4 is 5.46 Å². The van der Waals surface area contributed by atoms with Gasteiger partial charge in [0.1, 0.15) is 22.3 Å². The van der Waals surface area contributed by atoms with Gasteiger partial charge in [0.2, 0.25) is 4.73 Å². The van der Waals surface area contributed by atoms with Crippen molar-refractivity contribution in [2.45, 2.75) is 46.3 Å². The number of hydrogen-bond donors (Lipinski definition) is 0. The van der Waals surface area contributed by atoms with Crippen molar-refractivity contribution in [2.24, 2.45) is 0 Å². The minimum absolute atomic E-state index is 0. The van der Waals surface area contributed by atoms with Gasteiger partial charge in [-0.3, -0.25) is 8.80 Å². The molecule has 0 unspecified atom stereocenters. The highest BCUT2D eigenvalue weighted by atomic mass is 79.9. The van der Waals surface area contributed by atoms with Crippen LogP contribution in [0.5, 0.6) is 0 Å². The average Bonchev–Trinajstić information content (AvgIpc) is 1.72. The Morgan fingerprint density at radius 1 is 0.333 bits per heavy atom. The van der Waals surface area contributed by atoms with Crippen molar-refractivity contribution in [3.63, 3.8) is 0 Å². The lowest BCUT2D eigenvalue weighted by molar-refractivity contribution is 0.00578. The summed E-state index contributed by atoms with van der Waals surface area (Å²) in [7, 11) is -0.375. The molecule has 8 aromatic heterocycles. The van der Waals surface area contributed by atoms with E-state index in [1.165, 1.54) is 0 Å². The van der Waals surface area contributed by atoms with E-state index in [4.69, 9.17) is 39.2 Å². The van der Waals surface area contributed by atoms with Crippen molar-refractivity contribution in [1.29, 1.82) is 0 Å². The Balaban J connectivity index is 0.000000128. The molecule has 0 spiro atoms. The third kappa shape index (κ3) is 11.7. The van der Waals surface area contributed by atoms with Crippen LogP contribution in [0.3, 0.4) is 0 Å². The third-order valence-corrected chi connectivity index (χ3v) is 17.3. The second kappa shape index (κ2) is 25.0. The maximum Gasteiger partial charge on any atom is 0.494 e. The normalized spacial score (nSPS) is 13.2. The summed E-state index contributed by atoms with van der Waals surface area (Å²) in [5, 5.41) is 4.36. The van der Waals surface area contributed by atoms with Crippen molar-refractivity contribution in [3.05, 3.63) is 278 Å². The van der Waals surface area contributed by atoms with E-state index in [9.17, 15) is 0 Å². The molecule has 93 heavy (non-hydrogen) atoms. The zero-order valence-electron chi connectivity index (χ0n) is 50.7. The van der Waals surface area contributed by atoms with Gasteiger partial charge in [0, 0.05) is 72.9 Å². The summed E-state index contributed by atoms with van der Waals surface area (Å²) in [6.45, 7) is 8.29. The fourth-order valence-electron chi connectivity index (χ4n) is 11.5. The lowest BCUT2D eigenvalue weighted by Gasteiger charge is -2.32. The molecule has 0 aliphatic carbocycles. The summed E-state index contributed by atoms with van der Waals surface area (Å²) < 4.78 is 17.1. The first-order valence-corrected chi connectivity index (χ1v) is 31.2. The number of benzene rings is 8. The van der Waals surface area contributed by atoms with Crippen molar-refractivity contribution in [2.75, 3.05) is 0 Å². The predicted octanol–water partition coefficient (Wildman–Crippen LogP) is 18.1. The highest BCUT2D eigenvalue weighted by Crippen LogP contribution is 2.39. The van der Waals surface area contributed by atoms with Crippen molar-refractivity contribution >= 4 is 83.7 Å². The quantitative estimate of drug-likeness (QED) is 0.134. The molecular formula is C78H61BBrN11O2. The molecule has 0 radical (unpaired) electrons. The van der Waals surface area contributed by atoms with E-state index in [-0.39, 0.29) is 25.7 Å². The topological polar surface area (TPSA) is 143 Å². The molecule has 0 saturated carbocycles. The molecule has 450 valence electrons. The molecule has 0 N–H and O–H groups in total. The van der Waals surface area contributed by atoms with Crippen LogP contribution in [0.25, 0.3) is 134 Å². The SMILES string of the molecule is Brc1nc(-c2ccccc2)nc(-c2ccccc2)n1.C.CC1(C)OB(c2ccc(-c3nc4c(nc5ccccn54)c4ccccc34)cc2)OC1(C)C.c1ccc(-c2cc(-c3ccccc3)nc(-c3ccc(-c4nc5c(nc6ccccn65)c5ccccc45)cc3)n2)cc1. The standard InChI is InChI=1S/C36H23N5.C26H24BN3O2.C15H10BrN3.CH4/c1-3-11-24(12-4-1)30-23-31(25-13-5-2-6-14-25)38-35(37-30)27-20-18-26(19-21-27)33-28-15-7-8-16-29(28)34-36(40-33)41-22-10-9-17-32(41)39-34;1-25(2)26(3,4)32-27(31-25)18-14-12-17(13-15-18)22-19-9-5-6-10-20(19)23-24(29-22)30-16-8-7-11-21(30)28-23;16-15-18-13(11-7-3-1-4-8-11)17-14(19-15)12-9-5-2-6-10-12;/h1-23H;5-16H,1-4H3;1-10H;1H4. The van der Waals surface area contributed by atoms with Gasteiger partial charge in [-0.05, 0) is 79.4 Å². The van der Waals surface area contributed by atoms with Gasteiger partial charge in [-0.15, -0.1) is 0 Å². The van der Waals surface area contributed by atoms with E-state index in [1.54, 1.807) is 0 Å². The summed E-state index contributed by atoms with van der Waals surface area (Å²) >= 11 is 3.35. The van der Waals surface area contributed by atoms with Gasteiger partial charge in [-0.2, -0.15) is 0 Å². The highest BCUT2D eigenvalue weighted by Gasteiger charge is 2.51. The number of nitrogens with zero attached hydrogens (tertiary/aromatic N) is 11. The van der Waals surface area contributed by atoms with E-state index in [0.717, 1.165) is 122 Å². The second-order valence-corrected chi connectivity index (χ2v) is 24.1. The van der Waals surface area contributed by atoms with Gasteiger partial charge in [0.05, 0.1) is 34.0 Å². The van der Waals surface area contributed by atoms with Crippen LogP contribution in [0.2, 0.25) is 0 Å². The van der Waals surface area contributed by atoms with Crippen molar-refractivity contribution in [1.82, 2.24) is 53.7 Å². The molecule has 17 rings (SSSR count). The monoisotopic (exact) mass is 1270 g/mol. The smallest absolute Gasteiger partial charge is 0.399 e. The number of fused-ring (bicyclic) bond motifs is 10. The van der Waals surface area contributed by atoms with E-state index >= 15 is 0 Å². The van der Waals surface area contributed by atoms with E-state index in [2.05, 4.69) is 180 Å². The number of pyridine rings is 4. The Morgan fingerprint density at radius 3 is 1.11 bits per heavy atom. The zero-order chi connectivity index (χ0) is 62.3. The lowest BCUT2D eigenvalue weighted by atomic mass is 9.78. The van der Waals surface area contributed by atoms with Crippen molar-refractivity contribution < 1.29 is 9.31 Å². The Labute approximate surface area is 546 Å². The van der Waals surface area contributed by atoms with Crippen LogP contribution in [0, 0.1) is 0 Å². The van der Waals surface area contributed by atoms with Gasteiger partial charge >= 0.3 is 7.12 Å². The Hall–Kier alpha value is -11.0. The molecule has 1 saturated heterocycles. The molecule has 16 aromatic rings. The molecule has 15 heteroatoms. The summed E-state index contributed by atoms with van der Waals surface area (Å²) in [5.41, 5.74) is 16.4. The molecule has 0 atom stereocenters. The van der Waals surface area contributed by atoms with Gasteiger partial charge in [-0.1, -0.05) is 238 Å². The molecule has 1 aliphatic heterocycles. The Kier molecular flexibility index (Phi) is 16.0. The number of aromatic nitrogens is 11. The molecule has 0 bridgehead atoms. The first-order chi connectivity index (χ1) is 45.0. The summed E-state index contributed by atoms with van der Waals surface area (Å²) in [5.74, 6) is 2.02. The minimum Gasteiger partial charge on any atom is -0.399 e. The summed E-state index contributed by atoms with van der Waals surface area (Å²) in [6.07, 6.45) is 4.03. The van der Waals surface area contributed by atoms with Crippen molar-refractivity contribution in [3.8, 4) is 79.2 Å². The molecule has 1 aliphatic rings. The number of halogens is 1. The average molecular weight is 1280 g/mol. The number of imidazole rings is 2. The lowest BCUT2D eigenvalue weighted by Crippen LogP contribution is -2.41. The number of hydrogen-bond acceptors (Lipinski definition) is 11. The zero-order valence-corrected chi connectivity index (χ0v) is 52.3. The van der Waals surface area contributed by atoms with Crippen LogP contribution >= 0.6 is 15.9 Å². The van der Waals surface area contributed by atoms with Crippen LogP contribution in [0.1, 0.15) is 35.1 Å². The highest BCUT2D eigenvalue weighted by molar-refractivity contribution is 9.10. The maximum absolute atomic E-state index is 6.21. The largest absolute Gasteiger partial charge is 0.494 e. The second-order valence-electron chi connectivity index (χ2n) is 23.4. The molecular weight excluding hydrogens is 1210 g/mol. The van der Waals surface area contributed by atoms with E-state index < -0.39 is 0 Å². The Morgan fingerprint density at radius 2 is 0.677 bits per heavy atom. The van der Waals surface area contributed by atoms with E-state index in [1.807, 2.05) is 161 Å². The summed E-state index contributed by atoms with van der Waals surface area (Å²) in [4.78, 5) is 43.1. The van der Waals surface area contributed by atoms with Gasteiger partial charge in [0.15, 0.2) is 28.8 Å². The third-order valence-electron chi connectivity index (χ3n) is 17.0. The fourth-order valence-corrected chi connectivity index (χ4v) is 11.9.